The Labute approximate surface area is 149 Å². The maximum Gasteiger partial charge on any atom is 0.226 e. The number of likely N-dealkylation sites (tertiary alicyclic amines) is 1. The van der Waals surface area contributed by atoms with Crippen LogP contribution in [-0.2, 0) is 16.1 Å². The standard InChI is InChI=1S/C19H28N4O2/c1-25-14-16-20-8-5-17(21-16)22-11-6-19(7-12-22)13-15(19)18(24)23-9-3-2-4-10-23/h5,8,15H,2-4,6-7,9-14H2,1H3/t15-/m1/s1. The van der Waals surface area contributed by atoms with Crippen LogP contribution in [-0.4, -0.2) is 54.1 Å². The van der Waals surface area contributed by atoms with Gasteiger partial charge in [0.2, 0.25) is 5.91 Å². The molecule has 3 heterocycles. The molecule has 1 spiro atoms. The Morgan fingerprint density at radius 3 is 2.72 bits per heavy atom. The third kappa shape index (κ3) is 3.36. The lowest BCUT2D eigenvalue weighted by atomic mass is 9.90. The first-order valence-electron chi connectivity index (χ1n) is 9.56. The molecule has 1 aromatic heterocycles. The molecule has 6 nitrogen and oxygen atoms in total. The number of nitrogens with zero attached hydrogens (tertiary/aromatic N) is 4. The molecule has 0 radical (unpaired) electrons. The Balaban J connectivity index is 1.34. The summed E-state index contributed by atoms with van der Waals surface area (Å²) in [5, 5.41) is 0. The first-order chi connectivity index (χ1) is 12.2. The minimum absolute atomic E-state index is 0.271. The van der Waals surface area contributed by atoms with Gasteiger partial charge < -0.3 is 14.5 Å². The van der Waals surface area contributed by atoms with E-state index < -0.39 is 0 Å². The molecule has 1 saturated carbocycles. The van der Waals surface area contributed by atoms with Gasteiger partial charge in [-0.2, -0.15) is 0 Å². The lowest BCUT2D eigenvalue weighted by Gasteiger charge is -2.34. The fourth-order valence-corrected chi connectivity index (χ4v) is 4.53. The van der Waals surface area contributed by atoms with Crippen LogP contribution in [0.3, 0.4) is 0 Å². The molecule has 2 aliphatic heterocycles. The molecule has 0 aromatic carbocycles. The smallest absolute Gasteiger partial charge is 0.226 e. The van der Waals surface area contributed by atoms with Gasteiger partial charge in [-0.05, 0) is 50.0 Å². The summed E-state index contributed by atoms with van der Waals surface area (Å²) in [5.41, 5.74) is 0.271. The molecule has 4 rings (SSSR count). The van der Waals surface area contributed by atoms with E-state index in [2.05, 4.69) is 19.8 Å². The zero-order valence-corrected chi connectivity index (χ0v) is 15.1. The van der Waals surface area contributed by atoms with Gasteiger partial charge in [0.05, 0.1) is 0 Å². The molecule has 3 aliphatic rings. The molecule has 1 aromatic rings. The fraction of sp³-hybridized carbons (Fsp3) is 0.737. The van der Waals surface area contributed by atoms with E-state index in [4.69, 9.17) is 4.74 Å². The number of anilines is 1. The van der Waals surface area contributed by atoms with Crippen molar-refractivity contribution >= 4 is 11.7 Å². The van der Waals surface area contributed by atoms with E-state index in [9.17, 15) is 4.79 Å². The van der Waals surface area contributed by atoms with Crippen molar-refractivity contribution in [2.24, 2.45) is 11.3 Å². The minimum Gasteiger partial charge on any atom is -0.377 e. The SMILES string of the molecule is COCc1nccc(N2CCC3(CC2)C[C@@H]3C(=O)N2CCCCC2)n1. The van der Waals surface area contributed by atoms with E-state index in [-0.39, 0.29) is 11.3 Å². The number of piperidine rings is 2. The van der Waals surface area contributed by atoms with Crippen molar-refractivity contribution in [3.8, 4) is 0 Å². The first-order valence-corrected chi connectivity index (χ1v) is 9.56. The van der Waals surface area contributed by atoms with Crippen LogP contribution in [0, 0.1) is 11.3 Å². The first kappa shape index (κ1) is 16.8. The second kappa shape index (κ2) is 6.90. The predicted molar refractivity (Wildman–Crippen MR) is 95.2 cm³/mol. The van der Waals surface area contributed by atoms with Crippen molar-refractivity contribution in [3.05, 3.63) is 18.1 Å². The zero-order chi connectivity index (χ0) is 17.3. The van der Waals surface area contributed by atoms with Crippen LogP contribution in [0.25, 0.3) is 0 Å². The van der Waals surface area contributed by atoms with E-state index in [1.807, 2.05) is 6.07 Å². The van der Waals surface area contributed by atoms with E-state index in [1.165, 1.54) is 19.3 Å². The van der Waals surface area contributed by atoms with E-state index in [0.29, 0.717) is 12.5 Å². The van der Waals surface area contributed by atoms with Gasteiger partial charge in [-0.1, -0.05) is 0 Å². The average Bonchev–Trinajstić information content (AvgIpc) is 3.36. The van der Waals surface area contributed by atoms with Crippen LogP contribution in [0.1, 0.15) is 44.3 Å². The Bertz CT molecular complexity index is 622. The summed E-state index contributed by atoms with van der Waals surface area (Å²) in [6.45, 7) is 4.35. The second-order valence-electron chi connectivity index (χ2n) is 7.76. The van der Waals surface area contributed by atoms with Crippen molar-refractivity contribution < 1.29 is 9.53 Å². The van der Waals surface area contributed by atoms with Gasteiger partial charge in [0.15, 0.2) is 5.82 Å². The largest absolute Gasteiger partial charge is 0.377 e. The van der Waals surface area contributed by atoms with E-state index in [1.54, 1.807) is 13.3 Å². The molecule has 0 unspecified atom stereocenters. The van der Waals surface area contributed by atoms with Crippen molar-refractivity contribution in [3.63, 3.8) is 0 Å². The highest BCUT2D eigenvalue weighted by Crippen LogP contribution is 2.60. The van der Waals surface area contributed by atoms with Crippen LogP contribution in [0.15, 0.2) is 12.3 Å². The molecule has 0 bridgehead atoms. The monoisotopic (exact) mass is 344 g/mol. The number of hydrogen-bond acceptors (Lipinski definition) is 5. The van der Waals surface area contributed by atoms with Gasteiger partial charge >= 0.3 is 0 Å². The Morgan fingerprint density at radius 2 is 2.00 bits per heavy atom. The number of amides is 1. The highest BCUT2D eigenvalue weighted by molar-refractivity contribution is 5.83. The van der Waals surface area contributed by atoms with Crippen molar-refractivity contribution in [1.82, 2.24) is 14.9 Å². The molecule has 1 aliphatic carbocycles. The third-order valence-electron chi connectivity index (χ3n) is 6.20. The average molecular weight is 344 g/mol. The quantitative estimate of drug-likeness (QED) is 0.838. The molecule has 25 heavy (non-hydrogen) atoms. The Hall–Kier alpha value is -1.69. The maximum atomic E-state index is 12.8. The molecule has 136 valence electrons. The van der Waals surface area contributed by atoms with Gasteiger partial charge in [-0.25, -0.2) is 9.97 Å². The maximum absolute atomic E-state index is 12.8. The van der Waals surface area contributed by atoms with Gasteiger partial charge in [0.25, 0.3) is 0 Å². The molecule has 1 amide bonds. The number of ether oxygens (including phenoxy) is 1. The van der Waals surface area contributed by atoms with Crippen molar-refractivity contribution in [2.75, 3.05) is 38.2 Å². The minimum atomic E-state index is 0.271. The van der Waals surface area contributed by atoms with Gasteiger partial charge in [-0.15, -0.1) is 0 Å². The van der Waals surface area contributed by atoms with Gasteiger partial charge in [0, 0.05) is 45.4 Å². The fourth-order valence-electron chi connectivity index (χ4n) is 4.53. The molecule has 2 saturated heterocycles. The number of methoxy groups -OCH3 is 1. The summed E-state index contributed by atoms with van der Waals surface area (Å²) < 4.78 is 5.13. The summed E-state index contributed by atoms with van der Waals surface area (Å²) >= 11 is 0. The Kier molecular flexibility index (Phi) is 4.63. The molecule has 6 heteroatoms. The highest BCUT2D eigenvalue weighted by Gasteiger charge is 2.59. The normalized spacial score (nSPS) is 25.2. The van der Waals surface area contributed by atoms with Crippen LogP contribution >= 0.6 is 0 Å². The lowest BCUT2D eigenvalue weighted by molar-refractivity contribution is -0.134. The molecule has 1 atom stereocenters. The number of aromatic nitrogens is 2. The molecule has 3 fully saturated rings. The zero-order valence-electron chi connectivity index (χ0n) is 15.1. The van der Waals surface area contributed by atoms with Gasteiger partial charge in [-0.3, -0.25) is 4.79 Å². The van der Waals surface area contributed by atoms with Crippen molar-refractivity contribution in [1.29, 1.82) is 0 Å². The van der Waals surface area contributed by atoms with Gasteiger partial charge in [0.1, 0.15) is 12.4 Å². The predicted octanol–water partition coefficient (Wildman–Crippen LogP) is 2.24. The summed E-state index contributed by atoms with van der Waals surface area (Å²) in [7, 11) is 1.66. The summed E-state index contributed by atoms with van der Waals surface area (Å²) in [6, 6.07) is 1.97. The number of rotatable bonds is 4. The lowest BCUT2D eigenvalue weighted by Crippen LogP contribution is -2.40. The van der Waals surface area contributed by atoms with Crippen LogP contribution in [0.2, 0.25) is 0 Å². The summed E-state index contributed by atoms with van der Waals surface area (Å²) in [5.74, 6) is 2.42. The second-order valence-corrected chi connectivity index (χ2v) is 7.76. The van der Waals surface area contributed by atoms with E-state index in [0.717, 1.165) is 57.1 Å². The van der Waals surface area contributed by atoms with Crippen LogP contribution in [0.5, 0.6) is 0 Å². The number of carbonyl (C=O) groups excluding carboxylic acids is 1. The van der Waals surface area contributed by atoms with Crippen LogP contribution in [0.4, 0.5) is 5.82 Å². The van der Waals surface area contributed by atoms with Crippen molar-refractivity contribution in [2.45, 2.75) is 45.1 Å². The number of carbonyl (C=O) groups is 1. The topological polar surface area (TPSA) is 58.6 Å². The summed E-state index contributed by atoms with van der Waals surface area (Å²) in [4.78, 5) is 26.1. The van der Waals surface area contributed by atoms with E-state index >= 15 is 0 Å². The molecular weight excluding hydrogens is 316 g/mol. The molecular formula is C19H28N4O2. The molecule has 0 N–H and O–H groups in total. The number of hydrogen-bond donors (Lipinski definition) is 0. The Morgan fingerprint density at radius 1 is 1.24 bits per heavy atom. The highest BCUT2D eigenvalue weighted by atomic mass is 16.5. The third-order valence-corrected chi connectivity index (χ3v) is 6.20. The van der Waals surface area contributed by atoms with Crippen LogP contribution < -0.4 is 4.90 Å². The summed E-state index contributed by atoms with van der Waals surface area (Å²) in [6.07, 6.45) is 8.73.